The van der Waals surface area contributed by atoms with Crippen molar-refractivity contribution in [2.75, 3.05) is 22.4 Å². The average molecular weight is 706 g/mol. The number of benzene rings is 1. The number of aliphatic imine (C=N–C) groups is 2. The summed E-state index contributed by atoms with van der Waals surface area (Å²) in [6.45, 7) is 9.26. The van der Waals surface area contributed by atoms with Crippen LogP contribution in [0.5, 0.6) is 0 Å². The summed E-state index contributed by atoms with van der Waals surface area (Å²) in [5.74, 6) is 2.33. The van der Waals surface area contributed by atoms with Crippen molar-refractivity contribution in [3.05, 3.63) is 88.2 Å². The van der Waals surface area contributed by atoms with Crippen molar-refractivity contribution in [1.29, 1.82) is 0 Å². The van der Waals surface area contributed by atoms with E-state index in [1.165, 1.54) is 75.5 Å². The molecule has 6 nitrogen and oxygen atoms in total. The minimum absolute atomic E-state index is 0.402. The van der Waals surface area contributed by atoms with Gasteiger partial charge in [-0.25, -0.2) is 4.99 Å². The predicted molar refractivity (Wildman–Crippen MR) is 193 cm³/mol. The van der Waals surface area contributed by atoms with E-state index in [0.717, 1.165) is 48.1 Å². The molecule has 0 aromatic heterocycles. The molecule has 0 radical (unpaired) electrons. The van der Waals surface area contributed by atoms with Gasteiger partial charge in [-0.3, -0.25) is 0 Å². The number of nitrogens with one attached hydrogen (secondary N) is 3. The minimum atomic E-state index is -0.920. The molecule has 1 saturated carbocycles. The van der Waals surface area contributed by atoms with E-state index in [0.29, 0.717) is 15.4 Å². The van der Waals surface area contributed by atoms with Crippen molar-refractivity contribution in [3.63, 3.8) is 0 Å². The summed E-state index contributed by atoms with van der Waals surface area (Å²) in [5.41, 5.74) is 10.2. The standard InChI is InChI=1S/C37H48IN5O/c1-5-33-30(36(44)42-24(3)41-33)18-23(2)28-12-13-29(32-20-37(19-31(28)32)15-6-7-16-37)26-10-8-25(9-11-26)22-40-35(39-4)34-38-17-14-27(21-38)43-34/h5,8-10,12-13,18,26-27,34,36,43-44H,2,6-7,11,14-17,19-22H2,1,3-4H3,(H,39,40)(H,41,42)/b30-18+,33-5+/t26?,27-,34-,36?/m1/s1. The van der Waals surface area contributed by atoms with Crippen LogP contribution < -0.4 is 16.0 Å². The van der Waals surface area contributed by atoms with Gasteiger partial charge in [-0.2, -0.15) is 0 Å². The Morgan fingerprint density at radius 2 is 2.07 bits per heavy atom. The molecule has 3 aliphatic heterocycles. The molecule has 2 bridgehead atoms. The van der Waals surface area contributed by atoms with Crippen LogP contribution in [0.25, 0.3) is 5.57 Å². The third-order valence-corrected chi connectivity index (χ3v) is 17.6. The molecule has 44 heavy (non-hydrogen) atoms. The molecule has 3 heterocycles. The fourth-order valence-electron chi connectivity index (χ4n) is 8.42. The molecule has 234 valence electrons. The number of allylic oxidation sites excluding steroid dienone is 5. The fourth-order valence-corrected chi connectivity index (χ4v) is 16.0. The molecule has 2 unspecified atom stereocenters. The number of fused-ring (bicyclic) bond motifs is 3. The maximum absolute atomic E-state index is 10.8. The van der Waals surface area contributed by atoms with E-state index in [2.05, 4.69) is 62.9 Å². The first kappa shape index (κ1) is 30.2. The van der Waals surface area contributed by atoms with Crippen LogP contribution in [-0.2, 0) is 12.8 Å². The number of halogens is 1. The number of rotatable bonds is 6. The normalized spacial score (nSPS) is 31.5. The Kier molecular flexibility index (Phi) is 8.48. The maximum atomic E-state index is 10.8. The van der Waals surface area contributed by atoms with E-state index in [-0.39, 0.29) is 0 Å². The molecule has 2 saturated heterocycles. The molecule has 1 aromatic rings. The summed E-state index contributed by atoms with van der Waals surface area (Å²) in [5, 5.41) is 21.7. The summed E-state index contributed by atoms with van der Waals surface area (Å²) in [6, 6.07) is 5.43. The van der Waals surface area contributed by atoms with E-state index >= 15 is 0 Å². The van der Waals surface area contributed by atoms with E-state index in [9.17, 15) is 5.11 Å². The molecule has 3 aliphatic carbocycles. The van der Waals surface area contributed by atoms with Gasteiger partial charge in [0.25, 0.3) is 0 Å². The van der Waals surface area contributed by atoms with Crippen LogP contribution in [-0.4, -0.2) is 55.5 Å². The van der Waals surface area contributed by atoms with Crippen LogP contribution in [0, 0.1) is 5.41 Å². The van der Waals surface area contributed by atoms with Crippen LogP contribution in [0.15, 0.2) is 75.9 Å². The zero-order valence-corrected chi connectivity index (χ0v) is 28.7. The topological polar surface area (TPSA) is 81.0 Å². The second kappa shape index (κ2) is 12.4. The summed E-state index contributed by atoms with van der Waals surface area (Å²) >= 11 is -0.920. The van der Waals surface area contributed by atoms with E-state index < -0.39 is 26.0 Å². The van der Waals surface area contributed by atoms with Gasteiger partial charge in [-0.15, -0.1) is 0 Å². The van der Waals surface area contributed by atoms with Crippen LogP contribution >= 0.6 is 19.8 Å². The zero-order valence-electron chi connectivity index (χ0n) is 26.6. The number of hydrogen-bond donors (Lipinski definition) is 4. The number of amidine groups is 2. The van der Waals surface area contributed by atoms with Crippen molar-refractivity contribution in [1.82, 2.24) is 16.0 Å². The summed E-state index contributed by atoms with van der Waals surface area (Å²) < 4.78 is 3.49. The third-order valence-electron chi connectivity index (χ3n) is 10.7. The molecule has 1 aromatic carbocycles. The third kappa shape index (κ3) is 5.69. The first-order valence-electron chi connectivity index (χ1n) is 16.5. The quantitative estimate of drug-likeness (QED) is 0.0919. The molecule has 7 heteroatoms. The van der Waals surface area contributed by atoms with Gasteiger partial charge in [0.2, 0.25) is 0 Å². The van der Waals surface area contributed by atoms with Crippen molar-refractivity contribution in [3.8, 4) is 0 Å². The molecule has 4 N–H and O–H groups in total. The van der Waals surface area contributed by atoms with Crippen LogP contribution in [0.2, 0.25) is 0 Å². The van der Waals surface area contributed by atoms with Gasteiger partial charge in [-0.05, 0) is 38.3 Å². The monoisotopic (exact) mass is 705 g/mol. The molecule has 3 fully saturated rings. The second-order valence-electron chi connectivity index (χ2n) is 13.6. The van der Waals surface area contributed by atoms with E-state index in [1.807, 2.05) is 33.0 Å². The number of aliphatic hydroxyl groups excluding tert-OH is 1. The SMILES string of the molecule is C=C(/C=C1\C(=C/C)NC(C)=NC1O)c1ccc(C2C=CC(CNC(=NC)[C@H]3N[C@@H]4CCI3C4)=CC2)c2c1CC1(CCCC1)C2. The molecular formula is C37H48IN5O. The van der Waals surface area contributed by atoms with Gasteiger partial charge in [0.15, 0.2) is 6.23 Å². The Hall–Kier alpha value is -2.49. The van der Waals surface area contributed by atoms with Gasteiger partial charge in [0.05, 0.1) is 0 Å². The predicted octanol–water partition coefficient (Wildman–Crippen LogP) is 6.32. The van der Waals surface area contributed by atoms with Gasteiger partial charge >= 0.3 is 169 Å². The summed E-state index contributed by atoms with van der Waals surface area (Å²) in [6.07, 6.45) is 20.5. The van der Waals surface area contributed by atoms with Crippen LogP contribution in [0.1, 0.15) is 80.5 Å². The van der Waals surface area contributed by atoms with Gasteiger partial charge in [-0.1, -0.05) is 25.5 Å². The first-order valence-corrected chi connectivity index (χ1v) is 20.8. The fraction of sp³-hybridized carbons (Fsp3) is 0.514. The molecule has 4 atom stereocenters. The number of aliphatic hydroxyl groups is 1. The Balaban J connectivity index is 1.10. The average Bonchev–Trinajstić information content (AvgIpc) is 3.84. The van der Waals surface area contributed by atoms with Gasteiger partial charge < -0.3 is 10.4 Å². The summed E-state index contributed by atoms with van der Waals surface area (Å²) in [4.78, 5) is 9.04. The second-order valence-corrected chi connectivity index (χ2v) is 19.6. The number of alkyl halides is 3. The summed E-state index contributed by atoms with van der Waals surface area (Å²) in [7, 11) is 1.95. The van der Waals surface area contributed by atoms with Crippen molar-refractivity contribution in [2.24, 2.45) is 15.4 Å². The first-order chi connectivity index (χ1) is 21.4. The molecular weight excluding hydrogens is 657 g/mol. The molecule has 1 spiro atoms. The number of nitrogens with zero attached hydrogens (tertiary/aromatic N) is 2. The van der Waals surface area contributed by atoms with Gasteiger partial charge in [0.1, 0.15) is 5.84 Å². The molecule has 6 aliphatic rings. The Morgan fingerprint density at radius 3 is 2.75 bits per heavy atom. The molecule has 7 rings (SSSR count). The van der Waals surface area contributed by atoms with Gasteiger partial charge in [0, 0.05) is 11.3 Å². The van der Waals surface area contributed by atoms with E-state index in [1.54, 1.807) is 5.56 Å². The zero-order chi connectivity index (χ0) is 30.4. The van der Waals surface area contributed by atoms with Crippen LogP contribution in [0.4, 0.5) is 0 Å². The van der Waals surface area contributed by atoms with E-state index in [4.69, 9.17) is 0 Å². The van der Waals surface area contributed by atoms with Crippen molar-refractivity contribution in [2.45, 2.75) is 87.5 Å². The molecule has 0 amide bonds. The Morgan fingerprint density at radius 1 is 1.25 bits per heavy atom. The van der Waals surface area contributed by atoms with Crippen LogP contribution in [0.3, 0.4) is 0 Å². The van der Waals surface area contributed by atoms with Crippen molar-refractivity contribution >= 4 is 37.1 Å². The Labute approximate surface area is 270 Å². The van der Waals surface area contributed by atoms with Crippen molar-refractivity contribution < 1.29 is 5.11 Å². The Bertz CT molecular complexity index is 1520. The number of hydrogen-bond acceptors (Lipinski definition) is 5.